The molecule has 0 aliphatic carbocycles. The first kappa shape index (κ1) is 37.2. The third-order valence-corrected chi connectivity index (χ3v) is 18.1. The van der Waals surface area contributed by atoms with Gasteiger partial charge in [-0.25, -0.2) is 0 Å². The molecule has 0 radical (unpaired) electrons. The molecule has 0 atom stereocenters. The monoisotopic (exact) mass is 773 g/mol. The number of rotatable bonds is 6. The van der Waals surface area contributed by atoms with Crippen LogP contribution in [0.3, 0.4) is 0 Å². The van der Waals surface area contributed by atoms with Gasteiger partial charge in [0.25, 0.3) is 0 Å². The van der Waals surface area contributed by atoms with Gasteiger partial charge in [-0.3, -0.25) is 0 Å². The zero-order valence-corrected chi connectivity index (χ0v) is 36.3. The lowest BCUT2D eigenvalue weighted by Crippen LogP contribution is -2.76. The summed E-state index contributed by atoms with van der Waals surface area (Å²) in [6, 6.07) is 65.5. The summed E-state index contributed by atoms with van der Waals surface area (Å²) in [5.41, 5.74) is 21.7. The first-order valence-corrected chi connectivity index (χ1v) is 23.2. The van der Waals surface area contributed by atoms with E-state index >= 15 is 0 Å². The molecule has 0 spiro atoms. The van der Waals surface area contributed by atoms with Gasteiger partial charge in [-0.15, -0.1) is 0 Å². The Kier molecular flexibility index (Phi) is 9.03. The average molecular weight is 774 g/mol. The minimum atomic E-state index is -3.00. The summed E-state index contributed by atoms with van der Waals surface area (Å²) in [5, 5.41) is 5.57. The predicted octanol–water partition coefficient (Wildman–Crippen LogP) is 6.35. The van der Waals surface area contributed by atoms with Crippen molar-refractivity contribution in [3.63, 3.8) is 0 Å². The van der Waals surface area contributed by atoms with E-state index in [9.17, 15) is 0 Å². The van der Waals surface area contributed by atoms with Crippen LogP contribution in [0.4, 0.5) is 17.1 Å². The molecule has 0 aromatic heterocycles. The van der Waals surface area contributed by atoms with Gasteiger partial charge in [-0.2, -0.15) is 0 Å². The van der Waals surface area contributed by atoms with Crippen LogP contribution in [-0.4, -0.2) is 21.5 Å². The van der Waals surface area contributed by atoms with Gasteiger partial charge in [0.1, 0.15) is 0 Å². The number of hydrogen-bond acceptors (Lipinski definition) is 1. The molecule has 2 aliphatic heterocycles. The largest absolute Gasteiger partial charge is 0.313 e. The third kappa shape index (κ3) is 5.68. The molecule has 0 N–H and O–H groups in total. The number of hydrogen-bond donors (Lipinski definition) is 0. The molecule has 0 bridgehead atoms. The molecule has 8 aromatic rings. The molecular formula is C55H49B2NSi. The Morgan fingerprint density at radius 1 is 0.356 bits per heavy atom. The summed E-state index contributed by atoms with van der Waals surface area (Å²) in [4.78, 5) is 2.73. The smallest absolute Gasteiger partial charge is 0.247 e. The standard InChI is InChI=1S/C55H49B2NSi/c1-36-30-39(4)52(40(5)31-36)56-46-26-17-18-28-50(46)58-54-48(56)34-38(3)35-49(54)57(53-41(6)32-37(2)33-42(53)7)47-27-19-29-51(55(47)58)59(43-20-11-8-12-21-43,44-22-13-9-14-23-44)45-24-15-10-16-25-45/h8-35H,1-7H3. The summed E-state index contributed by atoms with van der Waals surface area (Å²) in [7, 11) is -3.00. The van der Waals surface area contributed by atoms with E-state index in [1.165, 1.54) is 110 Å². The number of aryl methyl sites for hydroxylation is 7. The quantitative estimate of drug-likeness (QED) is 0.141. The van der Waals surface area contributed by atoms with Gasteiger partial charge in [0.15, 0.2) is 8.07 Å². The van der Waals surface area contributed by atoms with Crippen molar-refractivity contribution in [2.75, 3.05) is 4.90 Å². The van der Waals surface area contributed by atoms with E-state index < -0.39 is 8.07 Å². The van der Waals surface area contributed by atoms with Crippen LogP contribution in [-0.2, 0) is 0 Å². The van der Waals surface area contributed by atoms with Crippen LogP contribution < -0.4 is 58.4 Å². The van der Waals surface area contributed by atoms with E-state index in [0.717, 1.165) is 0 Å². The molecule has 1 nitrogen and oxygen atoms in total. The van der Waals surface area contributed by atoms with Crippen LogP contribution in [0.5, 0.6) is 0 Å². The number of fused-ring (bicyclic) bond motifs is 4. The van der Waals surface area contributed by atoms with Crippen LogP contribution in [0.25, 0.3) is 0 Å². The second-order valence-electron chi connectivity index (χ2n) is 17.3. The fraction of sp³-hybridized carbons (Fsp3) is 0.127. The van der Waals surface area contributed by atoms with E-state index in [4.69, 9.17) is 0 Å². The maximum absolute atomic E-state index is 3.00. The Bertz CT molecular complexity index is 2760. The van der Waals surface area contributed by atoms with Crippen LogP contribution in [0.2, 0.25) is 0 Å². The van der Waals surface area contributed by atoms with E-state index in [1.807, 2.05) is 0 Å². The zero-order chi connectivity index (χ0) is 40.6. The third-order valence-electron chi connectivity index (χ3n) is 13.3. The molecular weight excluding hydrogens is 724 g/mol. The lowest BCUT2D eigenvalue weighted by molar-refractivity contribution is 1.29. The van der Waals surface area contributed by atoms with Crippen LogP contribution in [0.1, 0.15) is 38.9 Å². The minimum absolute atomic E-state index is 0.0376. The van der Waals surface area contributed by atoms with Gasteiger partial charge in [-0.05, 0) is 97.1 Å². The Morgan fingerprint density at radius 2 is 0.746 bits per heavy atom. The fourth-order valence-electron chi connectivity index (χ4n) is 11.4. The molecule has 2 heterocycles. The van der Waals surface area contributed by atoms with Gasteiger partial charge in [0.2, 0.25) is 13.4 Å². The van der Waals surface area contributed by atoms with Crippen molar-refractivity contribution in [1.82, 2.24) is 0 Å². The summed E-state index contributed by atoms with van der Waals surface area (Å²) in [5.74, 6) is 0. The van der Waals surface area contributed by atoms with Crippen molar-refractivity contribution in [1.29, 1.82) is 0 Å². The van der Waals surface area contributed by atoms with Crippen molar-refractivity contribution in [2.24, 2.45) is 0 Å². The summed E-state index contributed by atoms with van der Waals surface area (Å²) < 4.78 is 0. The maximum Gasteiger partial charge on any atom is 0.247 e. The van der Waals surface area contributed by atoms with Crippen molar-refractivity contribution in [3.8, 4) is 0 Å². The van der Waals surface area contributed by atoms with Gasteiger partial charge in [-0.1, -0.05) is 214 Å². The van der Waals surface area contributed by atoms with Crippen LogP contribution in [0, 0.1) is 48.5 Å². The SMILES string of the molecule is Cc1cc(C)c(B2c3ccccc3N3c4c2cc(C)cc4B(c2c(C)cc(C)cc2C)c2cccc([Si](c4ccccc4)(c4ccccc4)c4ccccc4)c23)c(C)c1. The van der Waals surface area contributed by atoms with Gasteiger partial charge in [0.05, 0.1) is 0 Å². The van der Waals surface area contributed by atoms with E-state index in [0.29, 0.717) is 0 Å². The van der Waals surface area contributed by atoms with Gasteiger partial charge in [0, 0.05) is 17.1 Å². The molecule has 0 fully saturated rings. The van der Waals surface area contributed by atoms with Crippen molar-refractivity contribution >= 4 is 92.1 Å². The first-order chi connectivity index (χ1) is 28.7. The van der Waals surface area contributed by atoms with Crippen LogP contribution >= 0.6 is 0 Å². The van der Waals surface area contributed by atoms with Crippen molar-refractivity contribution < 1.29 is 0 Å². The number of anilines is 3. The second-order valence-corrected chi connectivity index (χ2v) is 21.0. The van der Waals surface area contributed by atoms with Crippen molar-refractivity contribution in [3.05, 3.63) is 209 Å². The summed E-state index contributed by atoms with van der Waals surface area (Å²) >= 11 is 0. The average Bonchev–Trinajstić information content (AvgIpc) is 3.23. The van der Waals surface area contributed by atoms with E-state index in [2.05, 4.69) is 223 Å². The summed E-state index contributed by atoms with van der Waals surface area (Å²) in [6.07, 6.45) is 0. The Morgan fingerprint density at radius 3 is 1.22 bits per heavy atom. The molecule has 0 amide bonds. The number of para-hydroxylation sites is 2. The molecule has 59 heavy (non-hydrogen) atoms. The van der Waals surface area contributed by atoms with Crippen molar-refractivity contribution in [2.45, 2.75) is 48.5 Å². The second kappa shape index (κ2) is 14.3. The molecule has 10 rings (SSSR count). The van der Waals surface area contributed by atoms with E-state index in [1.54, 1.807) is 0 Å². The summed E-state index contributed by atoms with van der Waals surface area (Å²) in [6.45, 7) is 16.2. The minimum Gasteiger partial charge on any atom is -0.313 e. The molecule has 284 valence electrons. The molecule has 0 saturated carbocycles. The highest BCUT2D eigenvalue weighted by Crippen LogP contribution is 2.38. The fourth-order valence-corrected chi connectivity index (χ4v) is 16.4. The topological polar surface area (TPSA) is 3.24 Å². The lowest BCUT2D eigenvalue weighted by atomic mass is 9.29. The highest BCUT2D eigenvalue weighted by atomic mass is 28.3. The Hall–Kier alpha value is -6.09. The first-order valence-electron chi connectivity index (χ1n) is 21.2. The molecule has 0 unspecified atom stereocenters. The number of nitrogens with zero attached hydrogens (tertiary/aromatic N) is 1. The highest BCUT2D eigenvalue weighted by Gasteiger charge is 2.50. The molecule has 0 saturated heterocycles. The van der Waals surface area contributed by atoms with E-state index in [-0.39, 0.29) is 13.4 Å². The number of benzene rings is 8. The van der Waals surface area contributed by atoms with Gasteiger partial charge >= 0.3 is 0 Å². The molecule has 8 aromatic carbocycles. The normalized spacial score (nSPS) is 12.9. The Balaban J connectivity index is 1.41. The lowest BCUT2D eigenvalue weighted by Gasteiger charge is -2.47. The maximum atomic E-state index is 2.73. The molecule has 2 aliphatic rings. The van der Waals surface area contributed by atoms with Crippen LogP contribution in [0.15, 0.2) is 170 Å². The van der Waals surface area contributed by atoms with Gasteiger partial charge < -0.3 is 4.90 Å². The zero-order valence-electron chi connectivity index (χ0n) is 35.3. The highest BCUT2D eigenvalue weighted by molar-refractivity contribution is 7.21. The molecule has 4 heteroatoms. The predicted molar refractivity (Wildman–Crippen MR) is 260 cm³/mol. The Labute approximate surface area is 352 Å².